The molecular formula is C48H30N2O. The molecule has 0 aliphatic carbocycles. The fourth-order valence-electron chi connectivity index (χ4n) is 8.20. The molecule has 0 aliphatic heterocycles. The molecule has 11 rings (SSSR count). The largest absolute Gasteiger partial charge is 0.455 e. The standard InChI is InChI=1S/C48H30N2O/c1-2-12-30(13-3-1)31-26-32(28-33(27-31)36-18-11-20-41-39-16-6-9-23-46(39)51-48(36)41)35-17-10-19-40-42-29-34(24-25-43(42)49-47(35)40)50-44-21-7-4-14-37(44)38-15-5-8-22-45(38)50/h1-29,49H. The van der Waals surface area contributed by atoms with Gasteiger partial charge in [-0.05, 0) is 76.9 Å². The van der Waals surface area contributed by atoms with E-state index in [4.69, 9.17) is 4.42 Å². The second-order valence-corrected chi connectivity index (χ2v) is 13.4. The van der Waals surface area contributed by atoms with Crippen LogP contribution in [-0.2, 0) is 0 Å². The molecule has 0 spiro atoms. The minimum absolute atomic E-state index is 0.905. The van der Waals surface area contributed by atoms with Crippen molar-refractivity contribution >= 4 is 65.6 Å². The normalized spacial score (nSPS) is 11.9. The molecule has 0 unspecified atom stereocenters. The van der Waals surface area contributed by atoms with Gasteiger partial charge in [0.2, 0.25) is 0 Å². The van der Waals surface area contributed by atoms with Crippen molar-refractivity contribution in [1.82, 2.24) is 9.55 Å². The Kier molecular flexibility index (Phi) is 5.96. The van der Waals surface area contributed by atoms with Gasteiger partial charge in [-0.25, -0.2) is 0 Å². The maximum atomic E-state index is 6.53. The number of furan rings is 1. The van der Waals surface area contributed by atoms with E-state index in [-0.39, 0.29) is 0 Å². The minimum Gasteiger partial charge on any atom is -0.455 e. The molecule has 0 radical (unpaired) electrons. The van der Waals surface area contributed by atoms with Crippen LogP contribution in [-0.4, -0.2) is 9.55 Å². The van der Waals surface area contributed by atoms with Crippen LogP contribution in [0.5, 0.6) is 0 Å². The molecule has 3 aromatic heterocycles. The van der Waals surface area contributed by atoms with E-state index in [0.717, 1.165) is 66.5 Å². The summed E-state index contributed by atoms with van der Waals surface area (Å²) in [6, 6.07) is 63.2. The van der Waals surface area contributed by atoms with Crippen LogP contribution in [0, 0.1) is 0 Å². The number of H-pyrrole nitrogens is 1. The lowest BCUT2D eigenvalue weighted by Gasteiger charge is -2.12. The molecule has 0 amide bonds. The van der Waals surface area contributed by atoms with E-state index in [9.17, 15) is 0 Å². The van der Waals surface area contributed by atoms with Crippen molar-refractivity contribution in [3.8, 4) is 39.1 Å². The maximum Gasteiger partial charge on any atom is 0.143 e. The van der Waals surface area contributed by atoms with Crippen LogP contribution < -0.4 is 0 Å². The molecule has 3 heteroatoms. The Morgan fingerprint density at radius 2 is 1.00 bits per heavy atom. The van der Waals surface area contributed by atoms with Crippen molar-refractivity contribution in [2.45, 2.75) is 0 Å². The van der Waals surface area contributed by atoms with Gasteiger partial charge in [-0.15, -0.1) is 0 Å². The van der Waals surface area contributed by atoms with Crippen LogP contribution in [0.25, 0.3) is 105 Å². The Morgan fingerprint density at radius 1 is 0.392 bits per heavy atom. The number of rotatable bonds is 4. The molecule has 1 N–H and O–H groups in total. The van der Waals surface area contributed by atoms with Gasteiger partial charge in [-0.1, -0.05) is 121 Å². The third-order valence-electron chi connectivity index (χ3n) is 10.5. The molecule has 0 bridgehead atoms. The van der Waals surface area contributed by atoms with Crippen LogP contribution in [0.15, 0.2) is 180 Å². The smallest absolute Gasteiger partial charge is 0.143 e. The Labute approximate surface area is 293 Å². The van der Waals surface area contributed by atoms with Gasteiger partial charge < -0.3 is 14.0 Å². The highest BCUT2D eigenvalue weighted by Gasteiger charge is 2.18. The van der Waals surface area contributed by atoms with Crippen molar-refractivity contribution in [3.63, 3.8) is 0 Å². The topological polar surface area (TPSA) is 33.9 Å². The Bertz CT molecular complexity index is 3090. The SMILES string of the molecule is c1ccc(-c2cc(-c3cccc4c3[nH]c3ccc(-n5c6ccccc6c6ccccc65)cc34)cc(-c3cccc4c3oc3ccccc34)c2)cc1. The number of aromatic nitrogens is 2. The monoisotopic (exact) mass is 650 g/mol. The zero-order chi connectivity index (χ0) is 33.5. The van der Waals surface area contributed by atoms with E-state index in [1.807, 2.05) is 12.1 Å². The molecule has 0 fully saturated rings. The lowest BCUT2D eigenvalue weighted by molar-refractivity contribution is 0.670. The van der Waals surface area contributed by atoms with Gasteiger partial charge in [-0.2, -0.15) is 0 Å². The highest BCUT2D eigenvalue weighted by Crippen LogP contribution is 2.42. The van der Waals surface area contributed by atoms with Crippen molar-refractivity contribution in [1.29, 1.82) is 0 Å². The van der Waals surface area contributed by atoms with Gasteiger partial charge in [0.1, 0.15) is 11.2 Å². The average molecular weight is 651 g/mol. The first-order valence-corrected chi connectivity index (χ1v) is 17.4. The van der Waals surface area contributed by atoms with Crippen LogP contribution in [0.3, 0.4) is 0 Å². The quantitative estimate of drug-likeness (QED) is 0.202. The number of benzene rings is 8. The molecule has 8 aromatic carbocycles. The van der Waals surface area contributed by atoms with Gasteiger partial charge >= 0.3 is 0 Å². The molecule has 3 nitrogen and oxygen atoms in total. The third kappa shape index (κ3) is 4.25. The third-order valence-corrected chi connectivity index (χ3v) is 10.5. The number of hydrogen-bond acceptors (Lipinski definition) is 1. The first kappa shape index (κ1) is 28.0. The van der Waals surface area contributed by atoms with E-state index in [1.54, 1.807) is 0 Å². The summed E-state index contributed by atoms with van der Waals surface area (Å²) in [4.78, 5) is 3.83. The highest BCUT2D eigenvalue weighted by molar-refractivity contribution is 6.14. The lowest BCUT2D eigenvalue weighted by atomic mass is 9.92. The molecular weight excluding hydrogens is 621 g/mol. The van der Waals surface area contributed by atoms with Gasteiger partial charge in [0.15, 0.2) is 0 Å². The zero-order valence-corrected chi connectivity index (χ0v) is 27.6. The molecule has 0 saturated carbocycles. The first-order valence-electron chi connectivity index (χ1n) is 17.4. The van der Waals surface area contributed by atoms with Crippen molar-refractivity contribution in [2.24, 2.45) is 0 Å². The highest BCUT2D eigenvalue weighted by atomic mass is 16.3. The van der Waals surface area contributed by atoms with Crippen molar-refractivity contribution < 1.29 is 4.42 Å². The van der Waals surface area contributed by atoms with E-state index < -0.39 is 0 Å². The molecule has 3 heterocycles. The Morgan fingerprint density at radius 3 is 1.78 bits per heavy atom. The van der Waals surface area contributed by atoms with Gasteiger partial charge in [0, 0.05) is 54.6 Å². The summed E-state index contributed by atoms with van der Waals surface area (Å²) in [7, 11) is 0. The second-order valence-electron chi connectivity index (χ2n) is 13.4. The summed E-state index contributed by atoms with van der Waals surface area (Å²) < 4.78 is 8.92. The predicted octanol–water partition coefficient (Wildman–Crippen LogP) is 13.3. The first-order chi connectivity index (χ1) is 25.3. The molecule has 51 heavy (non-hydrogen) atoms. The van der Waals surface area contributed by atoms with Crippen molar-refractivity contribution in [2.75, 3.05) is 0 Å². The van der Waals surface area contributed by atoms with Crippen molar-refractivity contribution in [3.05, 3.63) is 176 Å². The zero-order valence-electron chi connectivity index (χ0n) is 27.6. The van der Waals surface area contributed by atoms with Gasteiger partial charge in [0.25, 0.3) is 0 Å². The van der Waals surface area contributed by atoms with Gasteiger partial charge in [0.05, 0.1) is 16.6 Å². The molecule has 238 valence electrons. The summed E-state index contributed by atoms with van der Waals surface area (Å²) in [6.45, 7) is 0. The molecule has 0 aliphatic rings. The van der Waals surface area contributed by atoms with E-state index >= 15 is 0 Å². The lowest BCUT2D eigenvalue weighted by Crippen LogP contribution is -1.93. The number of para-hydroxylation sites is 5. The summed E-state index contributed by atoms with van der Waals surface area (Å²) in [5.74, 6) is 0. The van der Waals surface area contributed by atoms with E-state index in [1.165, 1.54) is 38.1 Å². The van der Waals surface area contributed by atoms with Crippen LogP contribution in [0.2, 0.25) is 0 Å². The summed E-state index contributed by atoms with van der Waals surface area (Å²) >= 11 is 0. The van der Waals surface area contributed by atoms with E-state index in [2.05, 4.69) is 173 Å². The average Bonchev–Trinajstić information content (AvgIpc) is 3.87. The number of fused-ring (bicyclic) bond motifs is 9. The fraction of sp³-hybridized carbons (Fsp3) is 0. The van der Waals surface area contributed by atoms with Crippen LogP contribution in [0.4, 0.5) is 0 Å². The Hall–Kier alpha value is -6.84. The summed E-state index contributed by atoms with van der Waals surface area (Å²) in [5.41, 5.74) is 14.5. The summed E-state index contributed by atoms with van der Waals surface area (Å²) in [5, 5.41) is 7.21. The minimum atomic E-state index is 0.905. The fourth-order valence-corrected chi connectivity index (χ4v) is 8.20. The molecule has 0 saturated heterocycles. The van der Waals surface area contributed by atoms with Crippen LogP contribution >= 0.6 is 0 Å². The molecule has 11 aromatic rings. The number of aromatic amines is 1. The predicted molar refractivity (Wildman–Crippen MR) is 214 cm³/mol. The number of hydrogen-bond donors (Lipinski definition) is 1. The number of nitrogens with zero attached hydrogens (tertiary/aromatic N) is 1. The number of nitrogens with one attached hydrogen (secondary N) is 1. The van der Waals surface area contributed by atoms with E-state index in [0.29, 0.717) is 0 Å². The van der Waals surface area contributed by atoms with Gasteiger partial charge in [-0.3, -0.25) is 0 Å². The summed E-state index contributed by atoms with van der Waals surface area (Å²) in [6.07, 6.45) is 0. The second kappa shape index (κ2) is 10.8. The molecule has 0 atom stereocenters. The van der Waals surface area contributed by atoms with Crippen LogP contribution in [0.1, 0.15) is 0 Å². The maximum absolute atomic E-state index is 6.53. The Balaban J connectivity index is 1.13.